The van der Waals surface area contributed by atoms with Crippen molar-refractivity contribution in [2.75, 3.05) is 26.2 Å². The van der Waals surface area contributed by atoms with E-state index in [0.717, 1.165) is 17.9 Å². The third-order valence-corrected chi connectivity index (χ3v) is 5.23. The highest BCUT2D eigenvalue weighted by atomic mass is 15.2. The van der Waals surface area contributed by atoms with E-state index in [9.17, 15) is 0 Å². The maximum absolute atomic E-state index is 3.54. The van der Waals surface area contributed by atoms with Crippen LogP contribution in [-0.4, -0.2) is 37.1 Å². The van der Waals surface area contributed by atoms with Crippen molar-refractivity contribution in [1.82, 2.24) is 10.2 Å². The van der Waals surface area contributed by atoms with Gasteiger partial charge in [0.1, 0.15) is 0 Å². The first-order valence-corrected chi connectivity index (χ1v) is 9.22. The monoisotopic (exact) mass is 280 g/mol. The third-order valence-electron chi connectivity index (χ3n) is 5.23. The molecule has 1 heterocycles. The van der Waals surface area contributed by atoms with Crippen LogP contribution in [-0.2, 0) is 0 Å². The average Bonchev–Trinajstić information content (AvgIpc) is 2.85. The number of unbranched alkanes of at least 4 members (excludes halogenated alkanes) is 3. The van der Waals surface area contributed by atoms with Crippen molar-refractivity contribution in [2.45, 2.75) is 77.7 Å². The lowest BCUT2D eigenvalue weighted by atomic mass is 9.85. The molecule has 1 saturated carbocycles. The van der Waals surface area contributed by atoms with E-state index in [4.69, 9.17) is 0 Å². The molecule has 118 valence electrons. The van der Waals surface area contributed by atoms with Gasteiger partial charge in [0.2, 0.25) is 0 Å². The van der Waals surface area contributed by atoms with Crippen molar-refractivity contribution in [3.05, 3.63) is 0 Å². The van der Waals surface area contributed by atoms with Crippen LogP contribution in [0.15, 0.2) is 0 Å². The normalized spacial score (nSPS) is 27.1. The highest BCUT2D eigenvalue weighted by Crippen LogP contribution is 2.36. The molecular formula is C18H36N2. The van der Waals surface area contributed by atoms with Crippen molar-refractivity contribution in [2.24, 2.45) is 11.8 Å². The van der Waals surface area contributed by atoms with Gasteiger partial charge in [-0.15, -0.1) is 0 Å². The van der Waals surface area contributed by atoms with Crippen LogP contribution in [0.5, 0.6) is 0 Å². The first-order chi connectivity index (χ1) is 9.77. The Balaban J connectivity index is 1.45. The Morgan fingerprint density at radius 3 is 2.65 bits per heavy atom. The Bertz CT molecular complexity index is 252. The summed E-state index contributed by atoms with van der Waals surface area (Å²) < 4.78 is 0. The molecule has 2 rings (SSSR count). The van der Waals surface area contributed by atoms with Crippen LogP contribution in [0.2, 0.25) is 0 Å². The Morgan fingerprint density at radius 2 is 1.80 bits per heavy atom. The summed E-state index contributed by atoms with van der Waals surface area (Å²) in [6.07, 6.45) is 13.1. The smallest absolute Gasteiger partial charge is 0.0124 e. The van der Waals surface area contributed by atoms with Gasteiger partial charge in [-0.2, -0.15) is 0 Å². The molecule has 2 heteroatoms. The molecule has 0 aromatic heterocycles. The van der Waals surface area contributed by atoms with Crippen LogP contribution in [0.3, 0.4) is 0 Å². The number of nitrogens with zero attached hydrogens (tertiary/aromatic N) is 1. The molecule has 0 radical (unpaired) electrons. The van der Waals surface area contributed by atoms with Crippen LogP contribution in [0.25, 0.3) is 0 Å². The van der Waals surface area contributed by atoms with Gasteiger partial charge in [-0.25, -0.2) is 0 Å². The maximum atomic E-state index is 3.54. The fourth-order valence-corrected chi connectivity index (χ4v) is 4.09. The summed E-state index contributed by atoms with van der Waals surface area (Å²) in [6.45, 7) is 9.72. The summed E-state index contributed by atoms with van der Waals surface area (Å²) in [5.41, 5.74) is 0. The quantitative estimate of drug-likeness (QED) is 0.641. The molecule has 2 aliphatic rings. The predicted molar refractivity (Wildman–Crippen MR) is 88.1 cm³/mol. The molecule has 2 unspecified atom stereocenters. The molecule has 0 aromatic carbocycles. The van der Waals surface area contributed by atoms with Crippen molar-refractivity contribution < 1.29 is 0 Å². The van der Waals surface area contributed by atoms with Gasteiger partial charge in [0.25, 0.3) is 0 Å². The summed E-state index contributed by atoms with van der Waals surface area (Å²) in [5, 5.41) is 3.54. The Labute approximate surface area is 126 Å². The predicted octanol–water partition coefficient (Wildman–Crippen LogP) is 4.06. The lowest BCUT2D eigenvalue weighted by Crippen LogP contribution is -2.35. The standard InChI is InChI=1S/C18H36N2/c1-16(2)15-19-12-7-3-4-8-13-20-14-11-17-9-5-6-10-18(17)20/h16-19H,3-15H2,1-2H3. The van der Waals surface area contributed by atoms with E-state index in [2.05, 4.69) is 24.1 Å². The number of rotatable bonds is 9. The summed E-state index contributed by atoms with van der Waals surface area (Å²) in [5.74, 6) is 1.84. The second-order valence-electron chi connectivity index (χ2n) is 7.45. The van der Waals surface area contributed by atoms with Gasteiger partial charge in [-0.3, -0.25) is 0 Å². The van der Waals surface area contributed by atoms with Gasteiger partial charge >= 0.3 is 0 Å². The van der Waals surface area contributed by atoms with E-state index < -0.39 is 0 Å². The van der Waals surface area contributed by atoms with Gasteiger partial charge in [0.05, 0.1) is 0 Å². The number of hydrogen-bond acceptors (Lipinski definition) is 2. The van der Waals surface area contributed by atoms with Crippen molar-refractivity contribution in [3.63, 3.8) is 0 Å². The zero-order valence-corrected chi connectivity index (χ0v) is 13.9. The molecule has 1 aliphatic carbocycles. The maximum Gasteiger partial charge on any atom is 0.0124 e. The molecular weight excluding hydrogens is 244 g/mol. The van der Waals surface area contributed by atoms with E-state index in [1.165, 1.54) is 84.0 Å². The molecule has 1 N–H and O–H groups in total. The molecule has 1 aliphatic heterocycles. The van der Waals surface area contributed by atoms with E-state index in [1.54, 1.807) is 0 Å². The zero-order valence-electron chi connectivity index (χ0n) is 13.9. The van der Waals surface area contributed by atoms with E-state index in [1.807, 2.05) is 0 Å². The van der Waals surface area contributed by atoms with Crippen LogP contribution >= 0.6 is 0 Å². The lowest BCUT2D eigenvalue weighted by molar-refractivity contribution is 0.179. The molecule has 1 saturated heterocycles. The number of hydrogen-bond donors (Lipinski definition) is 1. The molecule has 0 aromatic rings. The zero-order chi connectivity index (χ0) is 14.2. The number of likely N-dealkylation sites (tertiary alicyclic amines) is 1. The first kappa shape index (κ1) is 16.3. The molecule has 2 fully saturated rings. The fourth-order valence-electron chi connectivity index (χ4n) is 4.09. The van der Waals surface area contributed by atoms with E-state index in [0.29, 0.717) is 0 Å². The molecule has 20 heavy (non-hydrogen) atoms. The van der Waals surface area contributed by atoms with Gasteiger partial charge in [0, 0.05) is 6.04 Å². The first-order valence-electron chi connectivity index (χ1n) is 9.22. The third kappa shape index (κ3) is 5.37. The summed E-state index contributed by atoms with van der Waals surface area (Å²) in [4.78, 5) is 2.82. The van der Waals surface area contributed by atoms with E-state index in [-0.39, 0.29) is 0 Å². The van der Waals surface area contributed by atoms with Crippen LogP contribution in [0, 0.1) is 11.8 Å². The minimum atomic E-state index is 0.786. The number of fused-ring (bicyclic) bond motifs is 1. The highest BCUT2D eigenvalue weighted by molar-refractivity contribution is 4.89. The van der Waals surface area contributed by atoms with Gasteiger partial charge in [-0.1, -0.05) is 39.5 Å². The van der Waals surface area contributed by atoms with Crippen LogP contribution < -0.4 is 5.32 Å². The lowest BCUT2D eigenvalue weighted by Gasteiger charge is -2.31. The van der Waals surface area contributed by atoms with Gasteiger partial charge in [-0.05, 0) is 70.1 Å². The van der Waals surface area contributed by atoms with Crippen LogP contribution in [0.1, 0.15) is 71.6 Å². The van der Waals surface area contributed by atoms with Gasteiger partial charge in [0.15, 0.2) is 0 Å². The van der Waals surface area contributed by atoms with Crippen LogP contribution in [0.4, 0.5) is 0 Å². The summed E-state index contributed by atoms with van der Waals surface area (Å²) in [6, 6.07) is 0.969. The Morgan fingerprint density at radius 1 is 1.00 bits per heavy atom. The number of nitrogens with one attached hydrogen (secondary N) is 1. The average molecular weight is 280 g/mol. The topological polar surface area (TPSA) is 15.3 Å². The summed E-state index contributed by atoms with van der Waals surface area (Å²) in [7, 11) is 0. The molecule has 2 nitrogen and oxygen atoms in total. The molecule has 2 atom stereocenters. The van der Waals surface area contributed by atoms with Crippen molar-refractivity contribution >= 4 is 0 Å². The fraction of sp³-hybridized carbons (Fsp3) is 1.00. The Hall–Kier alpha value is -0.0800. The molecule has 0 spiro atoms. The minimum Gasteiger partial charge on any atom is -0.316 e. The second-order valence-corrected chi connectivity index (χ2v) is 7.45. The molecule has 0 amide bonds. The molecule has 0 bridgehead atoms. The highest BCUT2D eigenvalue weighted by Gasteiger charge is 2.34. The second kappa shape index (κ2) is 9.04. The largest absolute Gasteiger partial charge is 0.316 e. The van der Waals surface area contributed by atoms with E-state index >= 15 is 0 Å². The Kier molecular flexibility index (Phi) is 7.37. The SMILES string of the molecule is CC(C)CNCCCCCCN1CCC2CCCCC21. The van der Waals surface area contributed by atoms with Crippen molar-refractivity contribution in [1.29, 1.82) is 0 Å². The van der Waals surface area contributed by atoms with Gasteiger partial charge < -0.3 is 10.2 Å². The summed E-state index contributed by atoms with van der Waals surface area (Å²) >= 11 is 0. The van der Waals surface area contributed by atoms with Crippen molar-refractivity contribution in [3.8, 4) is 0 Å². The minimum absolute atomic E-state index is 0.786.